The molecule has 1 unspecified atom stereocenters. The van der Waals surface area contributed by atoms with E-state index < -0.39 is 0 Å². The van der Waals surface area contributed by atoms with Crippen LogP contribution in [-0.2, 0) is 0 Å². The Hall–Kier alpha value is -0.850. The summed E-state index contributed by atoms with van der Waals surface area (Å²) in [5, 5.41) is 0. The summed E-state index contributed by atoms with van der Waals surface area (Å²) >= 11 is 0. The summed E-state index contributed by atoms with van der Waals surface area (Å²) in [6, 6.07) is 0. The zero-order valence-electron chi connectivity index (χ0n) is 7.59. The van der Waals surface area contributed by atoms with E-state index in [-0.39, 0.29) is 0 Å². The first-order valence-electron chi connectivity index (χ1n) is 4.80. The van der Waals surface area contributed by atoms with Gasteiger partial charge in [-0.15, -0.1) is 0 Å². The normalized spacial score (nSPS) is 28.6. The molecule has 0 spiro atoms. The maximum absolute atomic E-state index is 4.49. The van der Waals surface area contributed by atoms with Gasteiger partial charge in [-0.2, -0.15) is 0 Å². The van der Waals surface area contributed by atoms with Crippen molar-refractivity contribution in [2.45, 2.75) is 32.6 Å². The molecular weight excluding hydrogens is 146 g/mol. The third-order valence-corrected chi connectivity index (χ3v) is 2.70. The van der Waals surface area contributed by atoms with Crippen molar-refractivity contribution < 1.29 is 0 Å². The van der Waals surface area contributed by atoms with Gasteiger partial charge in [0.25, 0.3) is 0 Å². The van der Waals surface area contributed by atoms with Crippen LogP contribution in [0.1, 0.15) is 32.6 Å². The highest BCUT2D eigenvalue weighted by Crippen LogP contribution is 2.32. The number of aliphatic imine (C=N–C) groups is 1. The summed E-state index contributed by atoms with van der Waals surface area (Å²) in [6.45, 7) is 2.31. The van der Waals surface area contributed by atoms with Crippen molar-refractivity contribution in [3.05, 3.63) is 23.4 Å². The third-order valence-electron chi connectivity index (χ3n) is 2.70. The van der Waals surface area contributed by atoms with E-state index in [1.54, 1.807) is 0 Å². The summed E-state index contributed by atoms with van der Waals surface area (Å²) in [4.78, 5) is 4.49. The van der Waals surface area contributed by atoms with Gasteiger partial charge in [0.2, 0.25) is 0 Å². The van der Waals surface area contributed by atoms with E-state index in [2.05, 4.69) is 24.1 Å². The number of allylic oxidation sites excluding steroid dienone is 4. The van der Waals surface area contributed by atoms with E-state index in [0.717, 1.165) is 12.3 Å². The van der Waals surface area contributed by atoms with Gasteiger partial charge in [0, 0.05) is 18.3 Å². The second-order valence-corrected chi connectivity index (χ2v) is 3.65. The predicted octanol–water partition coefficient (Wildman–Crippen LogP) is 3.09. The zero-order chi connectivity index (χ0) is 8.39. The minimum Gasteiger partial charge on any atom is -0.265 e. The molecule has 0 saturated carbocycles. The minimum atomic E-state index is 0.722. The van der Waals surface area contributed by atoms with Crippen LogP contribution in [0.2, 0.25) is 0 Å². The number of hydrogen-bond donors (Lipinski definition) is 0. The lowest BCUT2D eigenvalue weighted by molar-refractivity contribution is 0.544. The molecule has 0 saturated heterocycles. The van der Waals surface area contributed by atoms with Crippen molar-refractivity contribution in [3.8, 4) is 0 Å². The van der Waals surface area contributed by atoms with Crippen LogP contribution in [0.5, 0.6) is 0 Å². The first kappa shape index (κ1) is 7.78. The Balaban J connectivity index is 2.36. The van der Waals surface area contributed by atoms with Gasteiger partial charge in [0.15, 0.2) is 0 Å². The van der Waals surface area contributed by atoms with Crippen molar-refractivity contribution in [1.29, 1.82) is 0 Å². The fraction of sp³-hybridized carbons (Fsp3) is 0.545. The molecule has 0 fully saturated rings. The largest absolute Gasteiger partial charge is 0.265 e. The first-order valence-corrected chi connectivity index (χ1v) is 4.80. The molecule has 0 aromatic carbocycles. The average molecular weight is 161 g/mol. The van der Waals surface area contributed by atoms with Crippen LogP contribution in [-0.4, -0.2) is 6.21 Å². The minimum absolute atomic E-state index is 0.722. The molecule has 0 N–H and O–H groups in total. The second kappa shape index (κ2) is 3.26. The van der Waals surface area contributed by atoms with Crippen molar-refractivity contribution in [2.24, 2.45) is 10.9 Å². The molecule has 1 aliphatic carbocycles. The van der Waals surface area contributed by atoms with Gasteiger partial charge in [0.05, 0.1) is 0 Å². The summed E-state index contributed by atoms with van der Waals surface area (Å²) in [7, 11) is 0. The van der Waals surface area contributed by atoms with Crippen LogP contribution >= 0.6 is 0 Å². The van der Waals surface area contributed by atoms with Gasteiger partial charge in [-0.1, -0.05) is 19.1 Å². The maximum atomic E-state index is 4.49. The standard InChI is InChI=1S/C11H15N/c1-9-5-4-7-11-10(9)6-2-3-8-12-11/h2,6,8-9H,3-5,7H2,1H3. The van der Waals surface area contributed by atoms with E-state index in [1.165, 1.54) is 30.5 Å². The summed E-state index contributed by atoms with van der Waals surface area (Å²) in [5.41, 5.74) is 2.82. The molecule has 1 heterocycles. The fourth-order valence-electron chi connectivity index (χ4n) is 1.98. The molecule has 0 radical (unpaired) electrons. The van der Waals surface area contributed by atoms with Crippen molar-refractivity contribution >= 4 is 6.21 Å². The Bertz CT molecular complexity index is 258. The Kier molecular flexibility index (Phi) is 2.11. The van der Waals surface area contributed by atoms with E-state index in [9.17, 15) is 0 Å². The Labute approximate surface area is 73.9 Å². The topological polar surface area (TPSA) is 12.4 Å². The molecule has 0 aromatic heterocycles. The molecule has 1 nitrogen and oxygen atoms in total. The molecule has 12 heavy (non-hydrogen) atoms. The highest BCUT2D eigenvalue weighted by Gasteiger charge is 2.17. The second-order valence-electron chi connectivity index (χ2n) is 3.65. The van der Waals surface area contributed by atoms with Crippen molar-refractivity contribution in [1.82, 2.24) is 0 Å². The predicted molar refractivity (Wildman–Crippen MR) is 52.3 cm³/mol. The molecule has 1 aliphatic heterocycles. The molecule has 2 aliphatic rings. The van der Waals surface area contributed by atoms with Gasteiger partial charge < -0.3 is 0 Å². The SMILES string of the molecule is CC1CCCC2=C1C=CCC=N2. The Morgan fingerprint density at radius 3 is 3.33 bits per heavy atom. The van der Waals surface area contributed by atoms with Crippen molar-refractivity contribution in [3.63, 3.8) is 0 Å². The Morgan fingerprint density at radius 1 is 1.50 bits per heavy atom. The highest BCUT2D eigenvalue weighted by atomic mass is 14.7. The number of hydrogen-bond acceptors (Lipinski definition) is 1. The van der Waals surface area contributed by atoms with Gasteiger partial charge >= 0.3 is 0 Å². The lowest BCUT2D eigenvalue weighted by atomic mass is 9.87. The van der Waals surface area contributed by atoms with Crippen molar-refractivity contribution in [2.75, 3.05) is 0 Å². The van der Waals surface area contributed by atoms with E-state index in [0.29, 0.717) is 0 Å². The third kappa shape index (κ3) is 1.36. The van der Waals surface area contributed by atoms with Crippen LogP contribution in [0.4, 0.5) is 0 Å². The lowest BCUT2D eigenvalue weighted by Crippen LogP contribution is -2.06. The smallest absolute Gasteiger partial charge is 0.0434 e. The molecular formula is C11H15N. The van der Waals surface area contributed by atoms with Crippen LogP contribution < -0.4 is 0 Å². The van der Waals surface area contributed by atoms with E-state index in [1.807, 2.05) is 6.21 Å². The van der Waals surface area contributed by atoms with E-state index in [4.69, 9.17) is 0 Å². The summed E-state index contributed by atoms with van der Waals surface area (Å²) in [5.74, 6) is 0.722. The molecule has 64 valence electrons. The fourth-order valence-corrected chi connectivity index (χ4v) is 1.98. The van der Waals surface area contributed by atoms with Crippen LogP contribution in [0, 0.1) is 5.92 Å². The summed E-state index contributed by atoms with van der Waals surface area (Å²) < 4.78 is 0. The van der Waals surface area contributed by atoms with Gasteiger partial charge in [-0.05, 0) is 30.8 Å². The van der Waals surface area contributed by atoms with Gasteiger partial charge in [-0.3, -0.25) is 4.99 Å². The number of nitrogens with zero attached hydrogens (tertiary/aromatic N) is 1. The lowest BCUT2D eigenvalue weighted by Gasteiger charge is -2.20. The average Bonchev–Trinajstić information content (AvgIpc) is 2.30. The van der Waals surface area contributed by atoms with Crippen LogP contribution in [0.15, 0.2) is 28.4 Å². The number of rotatable bonds is 0. The molecule has 1 atom stereocenters. The van der Waals surface area contributed by atoms with E-state index >= 15 is 0 Å². The molecule has 0 aromatic rings. The molecule has 0 bridgehead atoms. The molecule has 1 heteroatoms. The molecule has 2 rings (SSSR count). The molecule has 0 amide bonds. The highest BCUT2D eigenvalue weighted by molar-refractivity contribution is 5.63. The quantitative estimate of drug-likeness (QED) is 0.517. The monoisotopic (exact) mass is 161 g/mol. The first-order chi connectivity index (χ1) is 5.88. The van der Waals surface area contributed by atoms with Gasteiger partial charge in [0.1, 0.15) is 0 Å². The van der Waals surface area contributed by atoms with Gasteiger partial charge in [-0.25, -0.2) is 0 Å². The van der Waals surface area contributed by atoms with Crippen LogP contribution in [0.3, 0.4) is 0 Å². The zero-order valence-corrected chi connectivity index (χ0v) is 7.59. The summed E-state index contributed by atoms with van der Waals surface area (Å²) in [6.07, 6.45) is 11.3. The van der Waals surface area contributed by atoms with Crippen LogP contribution in [0.25, 0.3) is 0 Å². The maximum Gasteiger partial charge on any atom is 0.0434 e. The Morgan fingerprint density at radius 2 is 2.42 bits per heavy atom.